The highest BCUT2D eigenvalue weighted by atomic mass is 35.5. The van der Waals surface area contributed by atoms with E-state index in [4.69, 9.17) is 34.7 Å². The Labute approximate surface area is 206 Å². The topological polar surface area (TPSA) is 134 Å². The van der Waals surface area contributed by atoms with E-state index in [1.165, 1.54) is 4.90 Å². The number of aromatic nitrogens is 2. The molecule has 3 amide bonds. The number of nitriles is 1. The fourth-order valence-corrected chi connectivity index (χ4v) is 4.64. The van der Waals surface area contributed by atoms with Gasteiger partial charge in [0.05, 0.1) is 28.4 Å². The smallest absolute Gasteiger partial charge is 0.315 e. The molecule has 174 valence electrons. The number of hydrogen-bond donors (Lipinski definition) is 2. The number of amides is 3. The number of nitrogens with two attached hydrogens (primary N) is 2. The van der Waals surface area contributed by atoms with Crippen molar-refractivity contribution in [3.05, 3.63) is 68.8 Å². The predicted molar refractivity (Wildman–Crippen MR) is 130 cm³/mol. The van der Waals surface area contributed by atoms with Crippen molar-refractivity contribution in [2.45, 2.75) is 12.6 Å². The number of hydrogen-bond acceptors (Lipinski definition) is 5. The van der Waals surface area contributed by atoms with Gasteiger partial charge in [0.15, 0.2) is 0 Å². The van der Waals surface area contributed by atoms with E-state index in [1.807, 2.05) is 31.1 Å². The zero-order valence-corrected chi connectivity index (χ0v) is 19.9. The first-order valence-corrected chi connectivity index (χ1v) is 11.0. The molecule has 1 aliphatic heterocycles. The number of urea groups is 1. The fraction of sp³-hybridized carbons (Fsp3) is 0.217. The van der Waals surface area contributed by atoms with E-state index < -0.39 is 18.0 Å². The van der Waals surface area contributed by atoms with Crippen molar-refractivity contribution in [3.63, 3.8) is 0 Å². The maximum atomic E-state index is 12.8. The summed E-state index contributed by atoms with van der Waals surface area (Å²) < 4.78 is 1.65. The summed E-state index contributed by atoms with van der Waals surface area (Å²) >= 11 is 12.6. The van der Waals surface area contributed by atoms with Gasteiger partial charge in [-0.15, -0.1) is 0 Å². The van der Waals surface area contributed by atoms with E-state index in [1.54, 1.807) is 35.0 Å². The predicted octanol–water partition coefficient (Wildman–Crippen LogP) is 3.38. The van der Waals surface area contributed by atoms with Gasteiger partial charge < -0.3 is 21.3 Å². The van der Waals surface area contributed by atoms with Crippen LogP contribution in [0, 0.1) is 11.3 Å². The van der Waals surface area contributed by atoms with Gasteiger partial charge in [0, 0.05) is 36.9 Å². The Morgan fingerprint density at radius 1 is 1.15 bits per heavy atom. The molecule has 34 heavy (non-hydrogen) atoms. The summed E-state index contributed by atoms with van der Waals surface area (Å²) in [6.45, 7) is 0.558. The second kappa shape index (κ2) is 8.89. The Bertz CT molecular complexity index is 1360. The average Bonchev–Trinajstić information content (AvgIpc) is 3.18. The molecule has 0 aliphatic carbocycles. The van der Waals surface area contributed by atoms with Gasteiger partial charge in [-0.25, -0.2) is 4.79 Å². The van der Waals surface area contributed by atoms with Gasteiger partial charge in [0.25, 0.3) is 5.91 Å². The summed E-state index contributed by atoms with van der Waals surface area (Å²) in [5, 5.41) is 14.6. The van der Waals surface area contributed by atoms with Crippen LogP contribution in [0.1, 0.15) is 33.2 Å². The summed E-state index contributed by atoms with van der Waals surface area (Å²) in [5.74, 6) is -0.710. The van der Waals surface area contributed by atoms with Crippen LogP contribution >= 0.6 is 23.2 Å². The molecule has 11 heteroatoms. The third-order valence-electron chi connectivity index (χ3n) is 5.75. The van der Waals surface area contributed by atoms with Gasteiger partial charge in [0.2, 0.25) is 0 Å². The first-order valence-electron chi connectivity index (χ1n) is 10.3. The number of fused-ring (bicyclic) bond motifs is 1. The third-order valence-corrected chi connectivity index (χ3v) is 6.28. The lowest BCUT2D eigenvalue weighted by atomic mass is 9.94. The number of nitrogens with zero attached hydrogens (tertiary/aromatic N) is 5. The Kier molecular flexibility index (Phi) is 6.13. The molecular weight excluding hydrogens is 477 g/mol. The van der Waals surface area contributed by atoms with E-state index in [2.05, 4.69) is 5.10 Å². The lowest BCUT2D eigenvalue weighted by molar-refractivity contribution is 0.0995. The summed E-state index contributed by atoms with van der Waals surface area (Å²) in [4.78, 5) is 28.5. The van der Waals surface area contributed by atoms with Crippen molar-refractivity contribution in [2.24, 2.45) is 11.5 Å². The van der Waals surface area contributed by atoms with Crippen molar-refractivity contribution < 1.29 is 9.59 Å². The quantitative estimate of drug-likeness (QED) is 0.569. The molecule has 3 aromatic rings. The van der Waals surface area contributed by atoms with Crippen LogP contribution in [0.5, 0.6) is 0 Å². The Morgan fingerprint density at radius 3 is 2.47 bits per heavy atom. The molecule has 0 radical (unpaired) electrons. The molecule has 1 atom stereocenters. The maximum Gasteiger partial charge on any atom is 0.315 e. The zero-order chi connectivity index (χ0) is 24.7. The van der Waals surface area contributed by atoms with Gasteiger partial charge in [-0.2, -0.15) is 10.4 Å². The van der Waals surface area contributed by atoms with Crippen molar-refractivity contribution in [3.8, 4) is 17.3 Å². The molecule has 1 unspecified atom stereocenters. The summed E-state index contributed by atoms with van der Waals surface area (Å²) in [5.41, 5.74) is 14.7. The van der Waals surface area contributed by atoms with E-state index in [9.17, 15) is 14.9 Å². The largest absolute Gasteiger partial charge is 0.378 e. The number of primary amides is 2. The Balaban J connectivity index is 1.99. The monoisotopic (exact) mass is 497 g/mol. The van der Waals surface area contributed by atoms with Crippen molar-refractivity contribution in [1.82, 2.24) is 14.7 Å². The molecule has 1 aliphatic rings. The van der Waals surface area contributed by atoms with E-state index in [0.29, 0.717) is 34.1 Å². The highest BCUT2D eigenvalue weighted by molar-refractivity contribution is 6.32. The van der Waals surface area contributed by atoms with E-state index in [0.717, 1.165) is 5.69 Å². The van der Waals surface area contributed by atoms with Crippen LogP contribution in [0.25, 0.3) is 11.3 Å². The SMILES string of the molecule is CN(C)c1cc(Cl)cc(-c2nn3c(c2C(N)=O)C(c2ccc(C#N)c(Cl)c2)N(C(N)=O)CC3)c1. The average molecular weight is 498 g/mol. The molecule has 4 rings (SSSR count). The van der Waals surface area contributed by atoms with Crippen molar-refractivity contribution in [2.75, 3.05) is 25.5 Å². The summed E-state index contributed by atoms with van der Waals surface area (Å²) in [7, 11) is 3.75. The zero-order valence-electron chi connectivity index (χ0n) is 18.4. The number of anilines is 1. The van der Waals surface area contributed by atoms with Crippen LogP contribution in [-0.4, -0.2) is 47.3 Å². The van der Waals surface area contributed by atoms with E-state index in [-0.39, 0.29) is 22.7 Å². The minimum atomic E-state index is -0.784. The minimum absolute atomic E-state index is 0.156. The highest BCUT2D eigenvalue weighted by Crippen LogP contribution is 2.40. The fourth-order valence-electron chi connectivity index (χ4n) is 4.18. The molecule has 0 saturated heterocycles. The number of carbonyl (C=O) groups is 2. The number of rotatable bonds is 4. The molecule has 2 heterocycles. The van der Waals surface area contributed by atoms with Gasteiger partial charge in [0.1, 0.15) is 17.8 Å². The highest BCUT2D eigenvalue weighted by Gasteiger charge is 2.38. The Hall–Kier alpha value is -3.74. The first kappa shape index (κ1) is 23.4. The van der Waals surface area contributed by atoms with Crippen LogP contribution < -0.4 is 16.4 Å². The van der Waals surface area contributed by atoms with Crippen molar-refractivity contribution in [1.29, 1.82) is 5.26 Å². The lowest BCUT2D eigenvalue weighted by Gasteiger charge is -2.35. The number of benzene rings is 2. The first-order chi connectivity index (χ1) is 16.1. The summed E-state index contributed by atoms with van der Waals surface area (Å²) in [6.07, 6.45) is 0. The summed E-state index contributed by atoms with van der Waals surface area (Å²) in [6, 6.07) is 10.7. The van der Waals surface area contributed by atoms with Gasteiger partial charge in [-0.05, 0) is 35.9 Å². The van der Waals surface area contributed by atoms with Crippen LogP contribution in [0.2, 0.25) is 10.0 Å². The second-order valence-corrected chi connectivity index (χ2v) is 8.92. The van der Waals surface area contributed by atoms with Crippen LogP contribution in [0.15, 0.2) is 36.4 Å². The normalized spacial score (nSPS) is 14.9. The molecular formula is C23H21Cl2N7O2. The van der Waals surface area contributed by atoms with Gasteiger partial charge in [-0.3, -0.25) is 9.48 Å². The van der Waals surface area contributed by atoms with Crippen LogP contribution in [-0.2, 0) is 6.54 Å². The molecule has 0 bridgehead atoms. The lowest BCUT2D eigenvalue weighted by Crippen LogP contribution is -2.46. The molecule has 2 aromatic carbocycles. The molecule has 9 nitrogen and oxygen atoms in total. The van der Waals surface area contributed by atoms with Crippen LogP contribution in [0.3, 0.4) is 0 Å². The standard InChI is InChI=1S/C23H21Cl2N7O2/c1-30(2)16-8-14(7-15(24)10-16)19-18(22(27)33)21-20(12-3-4-13(11-26)17(25)9-12)31(23(28)34)5-6-32(21)29-19/h3-4,7-10,20H,5-6H2,1-2H3,(H2,27,33)(H2,28,34). The second-order valence-electron chi connectivity index (χ2n) is 8.07. The number of carbonyl (C=O) groups excluding carboxylic acids is 2. The molecule has 4 N–H and O–H groups in total. The third kappa shape index (κ3) is 4.02. The number of halogens is 2. The molecule has 0 spiro atoms. The van der Waals surface area contributed by atoms with Crippen molar-refractivity contribution >= 4 is 40.8 Å². The molecule has 0 fully saturated rings. The minimum Gasteiger partial charge on any atom is -0.378 e. The van der Waals surface area contributed by atoms with Gasteiger partial charge >= 0.3 is 6.03 Å². The maximum absolute atomic E-state index is 12.8. The van der Waals surface area contributed by atoms with Crippen LogP contribution in [0.4, 0.5) is 10.5 Å². The Morgan fingerprint density at radius 2 is 1.88 bits per heavy atom. The van der Waals surface area contributed by atoms with E-state index >= 15 is 0 Å². The molecule has 0 saturated carbocycles. The molecule has 1 aromatic heterocycles. The van der Waals surface area contributed by atoms with Gasteiger partial charge in [-0.1, -0.05) is 29.3 Å².